The fourth-order valence-corrected chi connectivity index (χ4v) is 2.57. The van der Waals surface area contributed by atoms with Gasteiger partial charge in [-0.15, -0.1) is 11.3 Å². The summed E-state index contributed by atoms with van der Waals surface area (Å²) < 4.78 is 1.28. The van der Waals surface area contributed by atoms with E-state index < -0.39 is 0 Å². The van der Waals surface area contributed by atoms with Crippen molar-refractivity contribution in [3.8, 4) is 0 Å². The highest BCUT2D eigenvalue weighted by atomic mass is 32.1. The summed E-state index contributed by atoms with van der Waals surface area (Å²) in [7, 11) is 0. The second kappa shape index (κ2) is 5.61. The summed E-state index contributed by atoms with van der Waals surface area (Å²) in [5.41, 5.74) is 1.12. The van der Waals surface area contributed by atoms with E-state index in [1.165, 1.54) is 9.71 Å². The maximum atomic E-state index is 4.61. The molecule has 0 saturated heterocycles. The predicted octanol–water partition coefficient (Wildman–Crippen LogP) is 3.68. The number of benzene rings is 1. The summed E-state index contributed by atoms with van der Waals surface area (Å²) in [5.74, 6) is 1.45. The van der Waals surface area contributed by atoms with Crippen molar-refractivity contribution in [3.05, 3.63) is 29.3 Å². The fourth-order valence-electron chi connectivity index (χ4n) is 1.64. The molecule has 0 spiro atoms. The van der Waals surface area contributed by atoms with Gasteiger partial charge in [0.25, 0.3) is 0 Å². The summed E-state index contributed by atoms with van der Waals surface area (Å²) in [6, 6.07) is 8.32. The Labute approximate surface area is 107 Å². The number of nitrogens with one attached hydrogen (secondary N) is 1. The molecule has 2 rings (SSSR count). The number of fused-ring (bicyclic) bond motifs is 1. The van der Waals surface area contributed by atoms with Crippen LogP contribution in [0.4, 0.5) is 0 Å². The van der Waals surface area contributed by atoms with Crippen molar-refractivity contribution in [1.29, 1.82) is 0 Å². The molecule has 1 aromatic carbocycles. The Balaban J connectivity index is 1.91. The molecule has 0 aliphatic carbocycles. The highest BCUT2D eigenvalue weighted by Gasteiger charge is 2.07. The van der Waals surface area contributed by atoms with Crippen molar-refractivity contribution in [3.63, 3.8) is 0 Å². The molecule has 17 heavy (non-hydrogen) atoms. The summed E-state index contributed by atoms with van der Waals surface area (Å²) in [6.45, 7) is 8.77. The molecule has 1 atom stereocenters. The first-order chi connectivity index (χ1) is 8.16. The standard InChI is InChI=1S/C14H20N2S/c1-10(2)11(3)8-15-9-14-16-12-6-4-5-7-13(12)17-14/h4-7,10-11,15H,8-9H2,1-3H3. The molecule has 1 N–H and O–H groups in total. The largest absolute Gasteiger partial charge is 0.310 e. The van der Waals surface area contributed by atoms with Crippen molar-refractivity contribution < 1.29 is 0 Å². The lowest BCUT2D eigenvalue weighted by molar-refractivity contribution is 0.392. The van der Waals surface area contributed by atoms with Crippen LogP contribution < -0.4 is 5.32 Å². The van der Waals surface area contributed by atoms with Crippen molar-refractivity contribution in [1.82, 2.24) is 10.3 Å². The summed E-state index contributed by atoms with van der Waals surface area (Å²) in [5, 5.41) is 4.67. The van der Waals surface area contributed by atoms with Gasteiger partial charge >= 0.3 is 0 Å². The quantitative estimate of drug-likeness (QED) is 0.873. The van der Waals surface area contributed by atoms with E-state index in [9.17, 15) is 0 Å². The van der Waals surface area contributed by atoms with Crippen LogP contribution in [0.15, 0.2) is 24.3 Å². The lowest BCUT2D eigenvalue weighted by Crippen LogP contribution is -2.23. The molecule has 1 unspecified atom stereocenters. The van der Waals surface area contributed by atoms with Crippen molar-refractivity contribution in [2.24, 2.45) is 11.8 Å². The van der Waals surface area contributed by atoms with Crippen LogP contribution in [-0.2, 0) is 6.54 Å². The second-order valence-electron chi connectivity index (χ2n) is 4.93. The Bertz CT molecular complexity index is 443. The highest BCUT2D eigenvalue weighted by Crippen LogP contribution is 2.21. The molecule has 0 aliphatic rings. The van der Waals surface area contributed by atoms with E-state index in [4.69, 9.17) is 0 Å². The molecule has 0 bridgehead atoms. The van der Waals surface area contributed by atoms with E-state index in [-0.39, 0.29) is 0 Å². The Morgan fingerprint density at radius 2 is 2.00 bits per heavy atom. The minimum atomic E-state index is 0.712. The second-order valence-corrected chi connectivity index (χ2v) is 6.04. The molecule has 1 heterocycles. The zero-order chi connectivity index (χ0) is 12.3. The van der Waals surface area contributed by atoms with E-state index in [0.29, 0.717) is 5.92 Å². The van der Waals surface area contributed by atoms with Gasteiger partial charge in [-0.1, -0.05) is 32.9 Å². The molecule has 92 valence electrons. The molecule has 0 fully saturated rings. The van der Waals surface area contributed by atoms with E-state index in [2.05, 4.69) is 49.3 Å². The average molecular weight is 248 g/mol. The number of thiazole rings is 1. The van der Waals surface area contributed by atoms with Gasteiger partial charge in [-0.2, -0.15) is 0 Å². The van der Waals surface area contributed by atoms with Crippen LogP contribution in [0, 0.1) is 11.8 Å². The number of nitrogens with zero attached hydrogens (tertiary/aromatic N) is 1. The average Bonchev–Trinajstić information content (AvgIpc) is 2.71. The maximum Gasteiger partial charge on any atom is 0.108 e. The predicted molar refractivity (Wildman–Crippen MR) is 75.3 cm³/mol. The minimum Gasteiger partial charge on any atom is -0.310 e. The minimum absolute atomic E-state index is 0.712. The summed E-state index contributed by atoms with van der Waals surface area (Å²) >= 11 is 1.78. The fraction of sp³-hybridized carbons (Fsp3) is 0.500. The SMILES string of the molecule is CC(C)C(C)CNCc1nc2ccccc2s1. The van der Waals surface area contributed by atoms with Gasteiger partial charge < -0.3 is 5.32 Å². The van der Waals surface area contributed by atoms with Crippen LogP contribution in [0.2, 0.25) is 0 Å². The van der Waals surface area contributed by atoms with E-state index >= 15 is 0 Å². The van der Waals surface area contributed by atoms with E-state index in [1.807, 2.05) is 6.07 Å². The Morgan fingerprint density at radius 1 is 1.24 bits per heavy atom. The molecule has 0 aliphatic heterocycles. The number of para-hydroxylation sites is 1. The third-order valence-electron chi connectivity index (χ3n) is 3.22. The number of rotatable bonds is 5. The van der Waals surface area contributed by atoms with Gasteiger partial charge in [-0.05, 0) is 30.5 Å². The molecule has 3 heteroatoms. The number of aromatic nitrogens is 1. The van der Waals surface area contributed by atoms with Gasteiger partial charge in [0, 0.05) is 6.54 Å². The van der Waals surface area contributed by atoms with Crippen LogP contribution in [0.1, 0.15) is 25.8 Å². The van der Waals surface area contributed by atoms with Crippen LogP contribution in [0.3, 0.4) is 0 Å². The molecule has 2 aromatic rings. The Morgan fingerprint density at radius 3 is 2.71 bits per heavy atom. The third kappa shape index (κ3) is 3.27. The lowest BCUT2D eigenvalue weighted by Gasteiger charge is -2.15. The summed E-state index contributed by atoms with van der Waals surface area (Å²) in [4.78, 5) is 4.61. The molecule has 1 aromatic heterocycles. The molecular weight excluding hydrogens is 228 g/mol. The maximum absolute atomic E-state index is 4.61. The molecule has 0 saturated carbocycles. The highest BCUT2D eigenvalue weighted by molar-refractivity contribution is 7.18. The summed E-state index contributed by atoms with van der Waals surface area (Å²) in [6.07, 6.45) is 0. The zero-order valence-corrected chi connectivity index (χ0v) is 11.6. The molecular formula is C14H20N2S. The zero-order valence-electron chi connectivity index (χ0n) is 10.7. The van der Waals surface area contributed by atoms with Crippen LogP contribution in [0.5, 0.6) is 0 Å². The monoisotopic (exact) mass is 248 g/mol. The third-order valence-corrected chi connectivity index (χ3v) is 4.26. The number of hydrogen-bond acceptors (Lipinski definition) is 3. The first-order valence-corrected chi connectivity index (χ1v) is 7.03. The van der Waals surface area contributed by atoms with Gasteiger partial charge in [0.1, 0.15) is 5.01 Å². The first-order valence-electron chi connectivity index (χ1n) is 6.22. The molecule has 0 amide bonds. The molecule has 2 nitrogen and oxygen atoms in total. The van der Waals surface area contributed by atoms with Crippen LogP contribution in [-0.4, -0.2) is 11.5 Å². The van der Waals surface area contributed by atoms with Crippen molar-refractivity contribution >= 4 is 21.6 Å². The van der Waals surface area contributed by atoms with E-state index in [0.717, 1.165) is 24.5 Å². The van der Waals surface area contributed by atoms with Gasteiger partial charge in [-0.3, -0.25) is 0 Å². The van der Waals surface area contributed by atoms with Gasteiger partial charge in [0.2, 0.25) is 0 Å². The number of hydrogen-bond donors (Lipinski definition) is 1. The topological polar surface area (TPSA) is 24.9 Å². The van der Waals surface area contributed by atoms with Crippen molar-refractivity contribution in [2.45, 2.75) is 27.3 Å². The van der Waals surface area contributed by atoms with Crippen LogP contribution in [0.25, 0.3) is 10.2 Å². The van der Waals surface area contributed by atoms with E-state index in [1.54, 1.807) is 11.3 Å². The van der Waals surface area contributed by atoms with Gasteiger partial charge in [0.15, 0.2) is 0 Å². The smallest absolute Gasteiger partial charge is 0.108 e. The Hall–Kier alpha value is -0.930. The van der Waals surface area contributed by atoms with Gasteiger partial charge in [-0.25, -0.2) is 4.98 Å². The molecule has 0 radical (unpaired) electrons. The van der Waals surface area contributed by atoms with Crippen LogP contribution >= 0.6 is 11.3 Å². The van der Waals surface area contributed by atoms with Gasteiger partial charge in [0.05, 0.1) is 10.2 Å². The first kappa shape index (κ1) is 12.5. The van der Waals surface area contributed by atoms with Crippen molar-refractivity contribution in [2.75, 3.05) is 6.54 Å². The normalized spacial score (nSPS) is 13.4. The lowest BCUT2D eigenvalue weighted by atomic mass is 9.98. The Kier molecular flexibility index (Phi) is 4.13.